The Labute approximate surface area is 191 Å². The van der Waals surface area contributed by atoms with Crippen LogP contribution in [-0.4, -0.2) is 52.9 Å². The van der Waals surface area contributed by atoms with Crippen LogP contribution in [0.2, 0.25) is 5.02 Å². The summed E-state index contributed by atoms with van der Waals surface area (Å²) in [6.45, 7) is 5.81. The predicted molar refractivity (Wildman–Crippen MR) is 120 cm³/mol. The highest BCUT2D eigenvalue weighted by molar-refractivity contribution is 6.30. The number of aromatic nitrogens is 1. The normalized spacial score (nSPS) is 13.8. The molecule has 32 heavy (non-hydrogen) atoms. The van der Waals surface area contributed by atoms with Crippen molar-refractivity contribution in [3.05, 3.63) is 81.7 Å². The molecule has 2 heterocycles. The molecule has 1 aliphatic heterocycles. The summed E-state index contributed by atoms with van der Waals surface area (Å²) in [6.07, 6.45) is 0. The summed E-state index contributed by atoms with van der Waals surface area (Å²) in [4.78, 5) is 29.4. The molecule has 3 aromatic rings. The predicted octanol–water partition coefficient (Wildman–Crippen LogP) is 4.12. The number of halogens is 1. The van der Waals surface area contributed by atoms with Gasteiger partial charge in [0.1, 0.15) is 18.1 Å². The molecule has 2 aromatic carbocycles. The standard InChI is InChI=1S/C24H24ClN3O4/c1-16-21(17(2)32-26-16)15-31-22-6-4-3-5-20(22)24(30)28-13-11-27(12-14-28)23(29)18-7-9-19(25)10-8-18/h3-10H,11-15H2,1-2H3. The van der Waals surface area contributed by atoms with Gasteiger partial charge in [0.05, 0.1) is 16.8 Å². The van der Waals surface area contributed by atoms with Crippen molar-refractivity contribution in [3.63, 3.8) is 0 Å². The zero-order chi connectivity index (χ0) is 22.7. The summed E-state index contributed by atoms with van der Waals surface area (Å²) in [5.41, 5.74) is 2.73. The molecule has 0 aliphatic carbocycles. The summed E-state index contributed by atoms with van der Waals surface area (Å²) in [5, 5.41) is 4.53. The molecule has 1 aliphatic rings. The molecule has 166 valence electrons. The van der Waals surface area contributed by atoms with E-state index in [9.17, 15) is 9.59 Å². The minimum atomic E-state index is -0.113. The van der Waals surface area contributed by atoms with Gasteiger partial charge in [-0.05, 0) is 50.2 Å². The fourth-order valence-corrected chi connectivity index (χ4v) is 3.81. The van der Waals surface area contributed by atoms with Crippen LogP contribution in [0.4, 0.5) is 0 Å². The molecule has 0 radical (unpaired) electrons. The molecular formula is C24H24ClN3O4. The van der Waals surface area contributed by atoms with Crippen LogP contribution in [0.15, 0.2) is 53.1 Å². The number of aryl methyl sites for hydroxylation is 2. The minimum Gasteiger partial charge on any atom is -0.488 e. The van der Waals surface area contributed by atoms with Gasteiger partial charge in [-0.2, -0.15) is 0 Å². The number of carbonyl (C=O) groups is 2. The molecule has 1 fully saturated rings. The van der Waals surface area contributed by atoms with Crippen molar-refractivity contribution in [2.75, 3.05) is 26.2 Å². The lowest BCUT2D eigenvalue weighted by molar-refractivity contribution is 0.0533. The molecule has 8 heteroatoms. The van der Waals surface area contributed by atoms with Crippen molar-refractivity contribution in [1.29, 1.82) is 0 Å². The van der Waals surface area contributed by atoms with Crippen LogP contribution in [0, 0.1) is 13.8 Å². The topological polar surface area (TPSA) is 75.9 Å². The van der Waals surface area contributed by atoms with Gasteiger partial charge in [0.15, 0.2) is 0 Å². The van der Waals surface area contributed by atoms with Gasteiger partial charge in [-0.25, -0.2) is 0 Å². The lowest BCUT2D eigenvalue weighted by Gasteiger charge is -2.35. The van der Waals surface area contributed by atoms with Gasteiger partial charge in [-0.1, -0.05) is 28.9 Å². The van der Waals surface area contributed by atoms with E-state index in [-0.39, 0.29) is 18.4 Å². The maximum absolute atomic E-state index is 13.2. The number of carbonyl (C=O) groups excluding carboxylic acids is 2. The van der Waals surface area contributed by atoms with E-state index in [1.54, 1.807) is 46.2 Å². The Morgan fingerprint density at radius 1 is 0.969 bits per heavy atom. The molecule has 1 aromatic heterocycles. The highest BCUT2D eigenvalue weighted by Crippen LogP contribution is 2.24. The molecule has 0 saturated carbocycles. The Bertz CT molecular complexity index is 1100. The van der Waals surface area contributed by atoms with Crippen molar-refractivity contribution in [1.82, 2.24) is 15.0 Å². The van der Waals surface area contributed by atoms with Crippen LogP contribution >= 0.6 is 11.6 Å². The summed E-state index contributed by atoms with van der Waals surface area (Å²) in [7, 11) is 0. The molecule has 0 unspecified atom stereocenters. The van der Waals surface area contributed by atoms with Gasteiger partial charge in [-0.15, -0.1) is 0 Å². The third kappa shape index (κ3) is 4.62. The second-order valence-electron chi connectivity index (χ2n) is 7.68. The van der Waals surface area contributed by atoms with E-state index in [0.29, 0.717) is 53.8 Å². The number of para-hydroxylation sites is 1. The maximum Gasteiger partial charge on any atom is 0.257 e. The van der Waals surface area contributed by atoms with Crippen molar-refractivity contribution < 1.29 is 18.8 Å². The van der Waals surface area contributed by atoms with Crippen molar-refractivity contribution in [2.45, 2.75) is 20.5 Å². The Morgan fingerprint density at radius 3 is 2.22 bits per heavy atom. The quantitative estimate of drug-likeness (QED) is 0.580. The first-order valence-corrected chi connectivity index (χ1v) is 10.8. The Morgan fingerprint density at radius 2 is 1.59 bits per heavy atom. The van der Waals surface area contributed by atoms with E-state index in [1.165, 1.54) is 0 Å². The molecule has 4 rings (SSSR count). The SMILES string of the molecule is Cc1noc(C)c1COc1ccccc1C(=O)N1CCN(C(=O)c2ccc(Cl)cc2)CC1. The lowest BCUT2D eigenvalue weighted by Crippen LogP contribution is -2.50. The minimum absolute atomic E-state index is 0.0584. The molecule has 2 amide bonds. The highest BCUT2D eigenvalue weighted by atomic mass is 35.5. The number of hydrogen-bond acceptors (Lipinski definition) is 5. The first kappa shape index (κ1) is 21.9. The number of rotatable bonds is 5. The van der Waals surface area contributed by atoms with E-state index in [0.717, 1.165) is 11.3 Å². The third-order valence-electron chi connectivity index (χ3n) is 5.62. The number of piperazine rings is 1. The first-order chi connectivity index (χ1) is 15.4. The Kier molecular flexibility index (Phi) is 6.46. The molecule has 0 atom stereocenters. The van der Waals surface area contributed by atoms with Crippen LogP contribution in [0.1, 0.15) is 37.7 Å². The lowest BCUT2D eigenvalue weighted by atomic mass is 10.1. The van der Waals surface area contributed by atoms with Crippen LogP contribution in [0.5, 0.6) is 5.75 Å². The summed E-state index contributed by atoms with van der Waals surface area (Å²) in [6, 6.07) is 14.0. The van der Waals surface area contributed by atoms with Gasteiger partial charge in [0.2, 0.25) is 0 Å². The van der Waals surface area contributed by atoms with Gasteiger partial charge in [0.25, 0.3) is 11.8 Å². The highest BCUT2D eigenvalue weighted by Gasteiger charge is 2.27. The van der Waals surface area contributed by atoms with E-state index in [4.69, 9.17) is 20.9 Å². The summed E-state index contributed by atoms with van der Waals surface area (Å²) < 4.78 is 11.1. The average molecular weight is 454 g/mol. The largest absolute Gasteiger partial charge is 0.488 e. The average Bonchev–Trinajstić information content (AvgIpc) is 3.14. The molecule has 1 saturated heterocycles. The Balaban J connectivity index is 1.40. The van der Waals surface area contributed by atoms with Gasteiger partial charge in [-0.3, -0.25) is 9.59 Å². The molecule has 7 nitrogen and oxygen atoms in total. The zero-order valence-electron chi connectivity index (χ0n) is 18.0. The molecule has 0 bridgehead atoms. The summed E-state index contributed by atoms with van der Waals surface area (Å²) in [5.74, 6) is 1.04. The Hall–Kier alpha value is -3.32. The van der Waals surface area contributed by atoms with Crippen LogP contribution < -0.4 is 4.74 Å². The fraction of sp³-hybridized carbons (Fsp3) is 0.292. The van der Waals surface area contributed by atoms with Gasteiger partial charge < -0.3 is 19.1 Å². The monoisotopic (exact) mass is 453 g/mol. The van der Waals surface area contributed by atoms with Crippen molar-refractivity contribution in [2.24, 2.45) is 0 Å². The molecule has 0 spiro atoms. The third-order valence-corrected chi connectivity index (χ3v) is 5.87. The first-order valence-electron chi connectivity index (χ1n) is 10.4. The van der Waals surface area contributed by atoms with E-state index in [1.807, 2.05) is 26.0 Å². The van der Waals surface area contributed by atoms with Gasteiger partial charge >= 0.3 is 0 Å². The smallest absolute Gasteiger partial charge is 0.257 e. The maximum atomic E-state index is 13.2. The van der Waals surface area contributed by atoms with E-state index >= 15 is 0 Å². The van der Waals surface area contributed by atoms with E-state index < -0.39 is 0 Å². The molecular weight excluding hydrogens is 430 g/mol. The number of amides is 2. The summed E-state index contributed by atoms with van der Waals surface area (Å²) >= 11 is 5.91. The van der Waals surface area contributed by atoms with Gasteiger partial charge in [0, 0.05) is 36.8 Å². The van der Waals surface area contributed by atoms with Crippen molar-refractivity contribution >= 4 is 23.4 Å². The molecule has 0 N–H and O–H groups in total. The number of ether oxygens (including phenoxy) is 1. The van der Waals surface area contributed by atoms with Crippen LogP contribution in [0.25, 0.3) is 0 Å². The fourth-order valence-electron chi connectivity index (χ4n) is 3.69. The van der Waals surface area contributed by atoms with Crippen molar-refractivity contribution in [3.8, 4) is 5.75 Å². The zero-order valence-corrected chi connectivity index (χ0v) is 18.8. The number of nitrogens with zero attached hydrogens (tertiary/aromatic N) is 3. The van der Waals surface area contributed by atoms with Crippen LogP contribution in [-0.2, 0) is 6.61 Å². The number of hydrogen-bond donors (Lipinski definition) is 0. The second-order valence-corrected chi connectivity index (χ2v) is 8.12. The second kappa shape index (κ2) is 9.44. The van der Waals surface area contributed by atoms with E-state index in [2.05, 4.69) is 5.16 Å². The van der Waals surface area contributed by atoms with Crippen LogP contribution in [0.3, 0.4) is 0 Å². The number of benzene rings is 2.